The molecule has 3 aromatic heterocycles. The third-order valence-electron chi connectivity index (χ3n) is 4.83. The molecule has 0 atom stereocenters. The number of pyridine rings is 3. The first kappa shape index (κ1) is 21.0. The second-order valence-corrected chi connectivity index (χ2v) is 7.07. The van der Waals surface area contributed by atoms with E-state index < -0.39 is 11.6 Å². The van der Waals surface area contributed by atoms with E-state index in [1.807, 2.05) is 6.92 Å². The highest BCUT2D eigenvalue weighted by Gasteiger charge is 2.17. The molecule has 0 aromatic carbocycles. The van der Waals surface area contributed by atoms with Crippen LogP contribution in [0.15, 0.2) is 66.2 Å². The van der Waals surface area contributed by atoms with E-state index in [9.17, 15) is 4.39 Å². The zero-order valence-electron chi connectivity index (χ0n) is 17.0. The maximum absolute atomic E-state index is 15.0. The van der Waals surface area contributed by atoms with E-state index in [0.29, 0.717) is 16.7 Å². The highest BCUT2D eigenvalue weighted by atomic mass is 19.1. The van der Waals surface area contributed by atoms with Crippen molar-refractivity contribution in [1.82, 2.24) is 15.0 Å². The smallest absolute Gasteiger partial charge is 0.173 e. The predicted molar refractivity (Wildman–Crippen MR) is 118 cm³/mol. The van der Waals surface area contributed by atoms with Crippen LogP contribution in [-0.4, -0.2) is 31.6 Å². The van der Waals surface area contributed by atoms with Gasteiger partial charge in [-0.2, -0.15) is 0 Å². The van der Waals surface area contributed by atoms with Crippen LogP contribution in [0.25, 0.3) is 16.8 Å². The largest absolute Gasteiger partial charge is 0.410 e. The van der Waals surface area contributed by atoms with Gasteiger partial charge in [-0.25, -0.2) is 13.8 Å². The first-order valence-corrected chi connectivity index (χ1v) is 9.63. The molecule has 32 heavy (non-hydrogen) atoms. The fourth-order valence-electron chi connectivity index (χ4n) is 3.24. The lowest BCUT2D eigenvalue weighted by Gasteiger charge is -2.13. The maximum Gasteiger partial charge on any atom is 0.173 e. The molecular weight excluding hydrogens is 414 g/mol. The van der Waals surface area contributed by atoms with Crippen molar-refractivity contribution in [3.8, 4) is 11.3 Å². The number of hydrogen-bond acceptors (Lipinski definition) is 7. The zero-order valence-corrected chi connectivity index (χ0v) is 17.0. The number of aryl methyl sites for hydroxylation is 1. The van der Waals surface area contributed by atoms with Crippen molar-refractivity contribution in [1.29, 1.82) is 5.41 Å². The fraction of sp³-hybridized carbons (Fsp3) is 0.0870. The van der Waals surface area contributed by atoms with Gasteiger partial charge < -0.3 is 10.5 Å². The van der Waals surface area contributed by atoms with Gasteiger partial charge in [0.25, 0.3) is 0 Å². The Morgan fingerprint density at radius 2 is 1.91 bits per heavy atom. The van der Waals surface area contributed by atoms with Crippen molar-refractivity contribution in [2.75, 3.05) is 5.32 Å². The quantitative estimate of drug-likeness (QED) is 0.312. The predicted octanol–water partition coefficient (Wildman–Crippen LogP) is 4.54. The van der Waals surface area contributed by atoms with E-state index in [-0.39, 0.29) is 35.0 Å². The Morgan fingerprint density at radius 1 is 1.09 bits per heavy atom. The summed E-state index contributed by atoms with van der Waals surface area (Å²) >= 11 is 0. The van der Waals surface area contributed by atoms with Gasteiger partial charge in [0, 0.05) is 42.0 Å². The topological polar surface area (TPSA) is 107 Å². The molecule has 0 radical (unpaired) electrons. The monoisotopic (exact) mass is 432 g/mol. The van der Waals surface area contributed by atoms with Gasteiger partial charge in [-0.1, -0.05) is 11.2 Å². The summed E-state index contributed by atoms with van der Waals surface area (Å²) in [7, 11) is 0. The molecule has 0 aliphatic heterocycles. The van der Waals surface area contributed by atoms with Crippen LogP contribution in [0.4, 0.5) is 14.6 Å². The lowest BCUT2D eigenvalue weighted by atomic mass is 9.98. The van der Waals surface area contributed by atoms with E-state index in [0.717, 1.165) is 5.69 Å². The number of nitrogens with zero attached hydrogens (tertiary/aromatic N) is 4. The third kappa shape index (κ3) is 4.27. The van der Waals surface area contributed by atoms with E-state index in [2.05, 4.69) is 25.4 Å². The molecule has 0 saturated carbocycles. The second-order valence-electron chi connectivity index (χ2n) is 7.07. The van der Waals surface area contributed by atoms with Gasteiger partial charge >= 0.3 is 0 Å². The molecule has 0 spiro atoms. The zero-order chi connectivity index (χ0) is 22.7. The summed E-state index contributed by atoms with van der Waals surface area (Å²) in [5.74, 6) is -1.13. The first-order chi connectivity index (χ1) is 15.5. The Bertz CT molecular complexity index is 1300. The Balaban J connectivity index is 1.54. The number of anilines is 1. The van der Waals surface area contributed by atoms with Crippen LogP contribution in [-0.2, 0) is 6.54 Å². The van der Waals surface area contributed by atoms with E-state index in [4.69, 9.17) is 10.6 Å². The number of rotatable bonds is 5. The van der Waals surface area contributed by atoms with Gasteiger partial charge in [-0.05, 0) is 54.5 Å². The van der Waals surface area contributed by atoms with Crippen LogP contribution in [0.5, 0.6) is 0 Å². The minimum absolute atomic E-state index is 0.0176. The van der Waals surface area contributed by atoms with Crippen molar-refractivity contribution >= 4 is 22.8 Å². The molecule has 0 fully saturated rings. The SMILES string of the molecule is Cc1cc(-c2ncc(CNc3nccc(C4=C/C(=N/O)C(=N)C=C4)c3F)cc2F)ccn1. The lowest BCUT2D eigenvalue weighted by Crippen LogP contribution is -2.12. The molecule has 3 N–H and O–H groups in total. The Labute approximate surface area is 182 Å². The molecule has 0 amide bonds. The van der Waals surface area contributed by atoms with Crippen LogP contribution in [0.3, 0.4) is 0 Å². The third-order valence-corrected chi connectivity index (χ3v) is 4.83. The van der Waals surface area contributed by atoms with Crippen molar-refractivity contribution in [2.45, 2.75) is 13.5 Å². The minimum atomic E-state index is -0.619. The maximum atomic E-state index is 15.0. The van der Waals surface area contributed by atoms with E-state index in [1.54, 1.807) is 24.4 Å². The molecule has 9 heteroatoms. The summed E-state index contributed by atoms with van der Waals surface area (Å²) in [6.45, 7) is 1.92. The lowest BCUT2D eigenvalue weighted by molar-refractivity contribution is 0.320. The van der Waals surface area contributed by atoms with Gasteiger partial charge in [0.15, 0.2) is 11.6 Å². The average molecular weight is 432 g/mol. The standard InChI is InChI=1S/C23H18F2N6O/c1-13-8-16(4-6-27-13)22-18(24)9-14(11-29-22)12-30-23-21(25)17(5-7-28-23)15-2-3-19(26)20(10-15)31-32/h2-11,26,32H,12H2,1H3,(H,28,30)/b26-19?,31-20-. The van der Waals surface area contributed by atoms with Crippen LogP contribution < -0.4 is 5.32 Å². The summed E-state index contributed by atoms with van der Waals surface area (Å²) in [5.41, 5.74) is 2.82. The number of allylic oxidation sites excluding steroid dienone is 4. The molecule has 0 unspecified atom stereocenters. The molecule has 3 aromatic rings. The van der Waals surface area contributed by atoms with Crippen LogP contribution in [0.2, 0.25) is 0 Å². The van der Waals surface area contributed by atoms with Gasteiger partial charge in [-0.15, -0.1) is 0 Å². The Morgan fingerprint density at radius 3 is 2.66 bits per heavy atom. The first-order valence-electron chi connectivity index (χ1n) is 9.63. The Hall–Kier alpha value is -4.27. The highest BCUT2D eigenvalue weighted by Crippen LogP contribution is 2.26. The van der Waals surface area contributed by atoms with Crippen molar-refractivity contribution < 1.29 is 14.0 Å². The molecule has 1 aliphatic carbocycles. The summed E-state index contributed by atoms with van der Waals surface area (Å²) in [4.78, 5) is 12.3. The summed E-state index contributed by atoms with van der Waals surface area (Å²) in [5, 5.41) is 22.6. The average Bonchev–Trinajstić information content (AvgIpc) is 2.79. The molecule has 0 saturated heterocycles. The number of aromatic nitrogens is 3. The second kappa shape index (κ2) is 8.84. The minimum Gasteiger partial charge on any atom is -0.410 e. The molecule has 160 valence electrons. The van der Waals surface area contributed by atoms with Crippen LogP contribution in [0.1, 0.15) is 16.8 Å². The highest BCUT2D eigenvalue weighted by molar-refractivity contribution is 6.51. The van der Waals surface area contributed by atoms with E-state index in [1.165, 1.54) is 36.7 Å². The molecule has 3 heterocycles. The number of oxime groups is 1. The molecule has 0 bridgehead atoms. The van der Waals surface area contributed by atoms with Gasteiger partial charge in [0.1, 0.15) is 17.2 Å². The number of hydrogen-bond donors (Lipinski definition) is 3. The van der Waals surface area contributed by atoms with Gasteiger partial charge in [0.05, 0.1) is 5.71 Å². The summed E-state index contributed by atoms with van der Waals surface area (Å²) in [6, 6.07) is 6.25. The van der Waals surface area contributed by atoms with Crippen LogP contribution in [0, 0.1) is 24.0 Å². The van der Waals surface area contributed by atoms with Gasteiger partial charge in [0.2, 0.25) is 0 Å². The molecule has 1 aliphatic rings. The molecular formula is C23H18F2N6O. The Kier molecular flexibility index (Phi) is 5.80. The summed E-state index contributed by atoms with van der Waals surface area (Å²) < 4.78 is 29.7. The van der Waals surface area contributed by atoms with Crippen molar-refractivity contribution in [3.05, 3.63) is 89.5 Å². The fourth-order valence-corrected chi connectivity index (χ4v) is 3.24. The molecule has 4 rings (SSSR count). The normalized spacial score (nSPS) is 14.5. The number of halogens is 2. The van der Waals surface area contributed by atoms with Gasteiger partial charge in [-0.3, -0.25) is 15.4 Å². The number of nitrogens with one attached hydrogen (secondary N) is 2. The molecule has 7 nitrogen and oxygen atoms in total. The van der Waals surface area contributed by atoms with Crippen LogP contribution >= 0.6 is 0 Å². The van der Waals surface area contributed by atoms with Crippen molar-refractivity contribution in [3.63, 3.8) is 0 Å². The van der Waals surface area contributed by atoms with Crippen molar-refractivity contribution in [2.24, 2.45) is 5.16 Å². The van der Waals surface area contributed by atoms with E-state index >= 15 is 4.39 Å². The summed E-state index contributed by atoms with van der Waals surface area (Å²) in [6.07, 6.45) is 8.92.